The predicted octanol–water partition coefficient (Wildman–Crippen LogP) is 3.60. The molecule has 0 aromatic heterocycles. The van der Waals surface area contributed by atoms with Crippen molar-refractivity contribution in [2.24, 2.45) is 0 Å². The highest BCUT2D eigenvalue weighted by molar-refractivity contribution is 6.87. The molecule has 5 heteroatoms. The first kappa shape index (κ1) is 14.6. The quantitative estimate of drug-likeness (QED) is 0.693. The topological polar surface area (TPSA) is 18.5 Å². The molecule has 0 bridgehead atoms. The second-order valence-electron chi connectivity index (χ2n) is 5.81. The molecule has 0 spiro atoms. The highest BCUT2D eigenvalue weighted by Crippen LogP contribution is 2.23. The van der Waals surface area contributed by atoms with E-state index in [9.17, 15) is 0 Å². The lowest BCUT2D eigenvalue weighted by Gasteiger charge is -2.37. The van der Waals surface area contributed by atoms with Gasteiger partial charge in [0.2, 0.25) is 0 Å². The lowest BCUT2D eigenvalue weighted by molar-refractivity contribution is 0.389. The fraction of sp³-hybridized carbons (Fsp3) is 0.889. The fourth-order valence-corrected chi connectivity index (χ4v) is 13.1. The fourth-order valence-electron chi connectivity index (χ4n) is 1.42. The Morgan fingerprint density at radius 3 is 1.21 bits per heavy atom. The summed E-state index contributed by atoms with van der Waals surface area (Å²) < 4.78 is 12.4. The van der Waals surface area contributed by atoms with Crippen LogP contribution >= 0.6 is 0 Å². The maximum atomic E-state index is 6.18. The minimum Gasteiger partial charge on any atom is -0.437 e. The Morgan fingerprint density at radius 2 is 1.07 bits per heavy atom. The van der Waals surface area contributed by atoms with E-state index in [0.29, 0.717) is 0 Å². The third-order valence-electron chi connectivity index (χ3n) is 1.50. The Labute approximate surface area is 92.5 Å². The first-order chi connectivity index (χ1) is 5.97. The summed E-state index contributed by atoms with van der Waals surface area (Å²) in [7, 11) is -4.97. The maximum Gasteiger partial charge on any atom is 0.314 e. The van der Waals surface area contributed by atoms with Gasteiger partial charge in [-0.3, -0.25) is 0 Å². The minimum absolute atomic E-state index is 0.807. The largest absolute Gasteiger partial charge is 0.437 e. The van der Waals surface area contributed by atoms with Crippen LogP contribution in [0.5, 0.6) is 0 Å². The molecule has 85 valence electrons. The van der Waals surface area contributed by atoms with E-state index in [1.165, 1.54) is 0 Å². The molecular formula is C9H25O2Si3. The zero-order valence-electron chi connectivity index (χ0n) is 10.7. The Balaban J connectivity index is 4.49. The van der Waals surface area contributed by atoms with E-state index in [1.807, 2.05) is 0 Å². The molecule has 2 nitrogen and oxygen atoms in total. The molecule has 0 N–H and O–H groups in total. The molecule has 0 saturated carbocycles. The zero-order valence-corrected chi connectivity index (χ0v) is 13.7. The van der Waals surface area contributed by atoms with Crippen LogP contribution in [0.3, 0.4) is 0 Å². The number of hydrogen-bond acceptors (Lipinski definition) is 2. The molecule has 0 amide bonds. The number of hydrogen-bond donors (Lipinski definition) is 0. The molecule has 0 saturated heterocycles. The van der Waals surface area contributed by atoms with Crippen LogP contribution in [0.2, 0.25) is 51.9 Å². The van der Waals surface area contributed by atoms with Gasteiger partial charge in [0.25, 0.3) is 0 Å². The van der Waals surface area contributed by atoms with Crippen LogP contribution in [0.4, 0.5) is 0 Å². The molecule has 1 radical (unpaired) electrons. The molecule has 14 heavy (non-hydrogen) atoms. The molecular weight excluding hydrogens is 224 g/mol. The highest BCUT2D eigenvalue weighted by atomic mass is 28.5. The summed E-state index contributed by atoms with van der Waals surface area (Å²) in [5.41, 5.74) is 0. The molecule has 0 aliphatic rings. The molecule has 0 heterocycles. The summed E-state index contributed by atoms with van der Waals surface area (Å²) in [6, 6.07) is 0.807. The van der Waals surface area contributed by atoms with Gasteiger partial charge in [-0.05, 0) is 51.9 Å². The predicted molar refractivity (Wildman–Crippen MR) is 70.6 cm³/mol. The van der Waals surface area contributed by atoms with E-state index in [4.69, 9.17) is 8.23 Å². The van der Waals surface area contributed by atoms with Crippen LogP contribution in [0, 0.1) is 6.92 Å². The second-order valence-corrected chi connectivity index (χ2v) is 18.7. The third-order valence-corrected chi connectivity index (χ3v) is 10.8. The van der Waals surface area contributed by atoms with Gasteiger partial charge in [0.1, 0.15) is 0 Å². The van der Waals surface area contributed by atoms with Crippen LogP contribution in [0.1, 0.15) is 0 Å². The van der Waals surface area contributed by atoms with Gasteiger partial charge in [-0.2, -0.15) is 0 Å². The Bertz CT molecular complexity index is 165. The Hall–Kier alpha value is 0.571. The van der Waals surface area contributed by atoms with Crippen molar-refractivity contribution in [3.05, 3.63) is 6.92 Å². The van der Waals surface area contributed by atoms with Crippen molar-refractivity contribution in [2.45, 2.75) is 51.9 Å². The highest BCUT2D eigenvalue weighted by Gasteiger charge is 2.38. The number of rotatable bonds is 5. The lowest BCUT2D eigenvalue weighted by atomic mass is 11.0. The Kier molecular flexibility index (Phi) is 4.80. The van der Waals surface area contributed by atoms with E-state index in [1.54, 1.807) is 0 Å². The summed E-state index contributed by atoms with van der Waals surface area (Å²) in [5.74, 6) is 0. The molecule has 0 unspecified atom stereocenters. The average Bonchev–Trinajstić information content (AvgIpc) is 1.78. The van der Waals surface area contributed by atoms with Crippen molar-refractivity contribution in [3.8, 4) is 0 Å². The first-order valence-electron chi connectivity index (χ1n) is 5.17. The van der Waals surface area contributed by atoms with Crippen LogP contribution in [-0.4, -0.2) is 25.2 Å². The van der Waals surface area contributed by atoms with Crippen molar-refractivity contribution in [3.63, 3.8) is 0 Å². The van der Waals surface area contributed by atoms with Gasteiger partial charge in [-0.15, -0.1) is 0 Å². The smallest absolute Gasteiger partial charge is 0.314 e. The van der Waals surface area contributed by atoms with Crippen molar-refractivity contribution in [2.75, 3.05) is 0 Å². The van der Waals surface area contributed by atoms with E-state index < -0.39 is 25.2 Å². The van der Waals surface area contributed by atoms with E-state index in [0.717, 1.165) is 6.04 Å². The molecule has 0 aliphatic carbocycles. The molecule has 0 fully saturated rings. The summed E-state index contributed by atoms with van der Waals surface area (Å²) >= 11 is 0. The molecule has 0 aromatic carbocycles. The minimum atomic E-state index is -1.98. The SMILES string of the molecule is [CH2]C[Si](C)(O[Si](C)(C)C)O[Si](C)(C)C. The van der Waals surface area contributed by atoms with E-state index >= 15 is 0 Å². The van der Waals surface area contributed by atoms with Gasteiger partial charge in [-0.1, -0.05) is 6.92 Å². The van der Waals surface area contributed by atoms with Gasteiger partial charge in [-0.25, -0.2) is 0 Å². The van der Waals surface area contributed by atoms with Crippen LogP contribution < -0.4 is 0 Å². The van der Waals surface area contributed by atoms with Crippen molar-refractivity contribution >= 4 is 25.2 Å². The van der Waals surface area contributed by atoms with Crippen molar-refractivity contribution in [1.29, 1.82) is 0 Å². The summed E-state index contributed by atoms with van der Waals surface area (Å²) in [6.45, 7) is 19.4. The van der Waals surface area contributed by atoms with Gasteiger partial charge in [0.05, 0.1) is 0 Å². The molecule has 0 rings (SSSR count). The lowest BCUT2D eigenvalue weighted by Crippen LogP contribution is -2.52. The van der Waals surface area contributed by atoms with Crippen molar-refractivity contribution in [1.82, 2.24) is 0 Å². The maximum absolute atomic E-state index is 6.18. The normalized spacial score (nSPS) is 14.6. The van der Waals surface area contributed by atoms with Crippen LogP contribution in [0.15, 0.2) is 0 Å². The van der Waals surface area contributed by atoms with Crippen LogP contribution in [-0.2, 0) is 8.23 Å². The van der Waals surface area contributed by atoms with Gasteiger partial charge >= 0.3 is 8.56 Å². The Morgan fingerprint density at radius 1 is 0.786 bits per heavy atom. The third kappa shape index (κ3) is 6.94. The average molecular weight is 250 g/mol. The standard InChI is InChI=1S/C9H25O2Si3/c1-9-14(8,10-12(2,3)4)11-13(5,6)7/h1,9H2,2-8H3. The molecule has 0 aromatic rings. The van der Waals surface area contributed by atoms with Gasteiger partial charge < -0.3 is 8.23 Å². The van der Waals surface area contributed by atoms with Crippen LogP contribution in [0.25, 0.3) is 0 Å². The summed E-state index contributed by atoms with van der Waals surface area (Å²) in [4.78, 5) is 0. The zero-order chi connectivity index (χ0) is 11.6. The van der Waals surface area contributed by atoms with Gasteiger partial charge in [0, 0.05) is 0 Å². The first-order valence-corrected chi connectivity index (χ1v) is 14.5. The molecule has 0 atom stereocenters. The molecule has 0 aliphatic heterocycles. The van der Waals surface area contributed by atoms with E-state index in [-0.39, 0.29) is 0 Å². The second kappa shape index (κ2) is 4.61. The van der Waals surface area contributed by atoms with E-state index in [2.05, 4.69) is 52.8 Å². The summed E-state index contributed by atoms with van der Waals surface area (Å²) in [6.07, 6.45) is 0. The summed E-state index contributed by atoms with van der Waals surface area (Å²) in [5, 5.41) is 0. The van der Waals surface area contributed by atoms with Crippen molar-refractivity contribution < 1.29 is 8.23 Å². The van der Waals surface area contributed by atoms with Gasteiger partial charge in [0.15, 0.2) is 16.6 Å². The monoisotopic (exact) mass is 249 g/mol.